The van der Waals surface area contributed by atoms with E-state index in [1.54, 1.807) is 24.4 Å². The van der Waals surface area contributed by atoms with Crippen LogP contribution in [0.3, 0.4) is 0 Å². The molecule has 82 valence electrons. The molecule has 5 heteroatoms. The van der Waals surface area contributed by atoms with Gasteiger partial charge in [-0.05, 0) is 18.2 Å². The van der Waals surface area contributed by atoms with Crippen LogP contribution in [0.2, 0.25) is 4.34 Å². The Morgan fingerprint density at radius 3 is 2.88 bits per heavy atom. The summed E-state index contributed by atoms with van der Waals surface area (Å²) in [5.74, 6) is 0.369. The Labute approximate surface area is 102 Å². The van der Waals surface area contributed by atoms with Gasteiger partial charge < -0.3 is 4.74 Å². The third-order valence-corrected chi connectivity index (χ3v) is 3.28. The van der Waals surface area contributed by atoms with Crippen molar-refractivity contribution in [1.82, 2.24) is 4.98 Å². The van der Waals surface area contributed by atoms with E-state index >= 15 is 0 Å². The zero-order chi connectivity index (χ0) is 11.5. The lowest BCUT2D eigenvalue weighted by Crippen LogP contribution is -2.02. The molecule has 0 aliphatic heterocycles. The fourth-order valence-corrected chi connectivity index (χ4v) is 2.30. The molecule has 0 atom stereocenters. The van der Waals surface area contributed by atoms with Gasteiger partial charge in [0.25, 0.3) is 0 Å². The fourth-order valence-electron chi connectivity index (χ4n) is 1.30. The van der Waals surface area contributed by atoms with Crippen molar-refractivity contribution in [3.8, 4) is 5.75 Å². The zero-order valence-electron chi connectivity index (χ0n) is 8.44. The Kier molecular flexibility index (Phi) is 3.22. The van der Waals surface area contributed by atoms with Gasteiger partial charge in [0.2, 0.25) is 5.78 Å². The van der Waals surface area contributed by atoms with Gasteiger partial charge >= 0.3 is 0 Å². The van der Waals surface area contributed by atoms with E-state index in [9.17, 15) is 4.79 Å². The van der Waals surface area contributed by atoms with Gasteiger partial charge in [-0.3, -0.25) is 9.78 Å². The van der Waals surface area contributed by atoms with Gasteiger partial charge in [0.05, 0.1) is 28.1 Å². The molecule has 2 rings (SSSR count). The van der Waals surface area contributed by atoms with Gasteiger partial charge in [-0.25, -0.2) is 0 Å². The van der Waals surface area contributed by atoms with E-state index in [0.717, 1.165) is 0 Å². The number of halogens is 1. The second-order valence-corrected chi connectivity index (χ2v) is 4.72. The van der Waals surface area contributed by atoms with Crippen molar-refractivity contribution in [3.05, 3.63) is 45.4 Å². The van der Waals surface area contributed by atoms with Crippen molar-refractivity contribution < 1.29 is 9.53 Å². The maximum atomic E-state index is 12.1. The van der Waals surface area contributed by atoms with Crippen LogP contribution in [-0.2, 0) is 0 Å². The van der Waals surface area contributed by atoms with Crippen molar-refractivity contribution in [2.75, 3.05) is 7.11 Å². The molecule has 0 spiro atoms. The number of methoxy groups -OCH3 is 1. The predicted octanol–water partition coefficient (Wildman–Crippen LogP) is 3.04. The standard InChI is InChI=1S/C11H8ClNO2S/c1-15-8-6-13-5-4-7(8)11(14)9-2-3-10(12)16-9/h2-6H,1H3. The van der Waals surface area contributed by atoms with E-state index in [1.165, 1.54) is 24.6 Å². The van der Waals surface area contributed by atoms with Crippen LogP contribution in [0.15, 0.2) is 30.6 Å². The maximum absolute atomic E-state index is 12.1. The minimum Gasteiger partial charge on any atom is -0.494 e. The van der Waals surface area contributed by atoms with Crippen LogP contribution in [0.4, 0.5) is 0 Å². The van der Waals surface area contributed by atoms with E-state index in [-0.39, 0.29) is 5.78 Å². The number of hydrogen-bond acceptors (Lipinski definition) is 4. The van der Waals surface area contributed by atoms with Gasteiger partial charge in [0.15, 0.2) is 0 Å². The van der Waals surface area contributed by atoms with Crippen molar-refractivity contribution >= 4 is 28.7 Å². The lowest BCUT2D eigenvalue weighted by Gasteiger charge is -2.04. The molecule has 0 unspecified atom stereocenters. The number of nitrogens with zero attached hydrogens (tertiary/aromatic N) is 1. The van der Waals surface area contributed by atoms with Crippen LogP contribution in [0.25, 0.3) is 0 Å². The molecule has 0 aliphatic carbocycles. The van der Waals surface area contributed by atoms with Crippen LogP contribution in [0, 0.1) is 0 Å². The summed E-state index contributed by atoms with van der Waals surface area (Å²) in [6, 6.07) is 5.04. The quantitative estimate of drug-likeness (QED) is 0.790. The third kappa shape index (κ3) is 2.08. The topological polar surface area (TPSA) is 39.2 Å². The lowest BCUT2D eigenvalue weighted by atomic mass is 10.1. The first kappa shape index (κ1) is 11.1. The number of ketones is 1. The Bertz CT molecular complexity index is 524. The van der Waals surface area contributed by atoms with Gasteiger partial charge in [-0.1, -0.05) is 11.6 Å². The van der Waals surface area contributed by atoms with E-state index < -0.39 is 0 Å². The Balaban J connectivity index is 2.41. The second kappa shape index (κ2) is 4.63. The summed E-state index contributed by atoms with van der Waals surface area (Å²) in [5.41, 5.74) is 0.496. The first-order valence-corrected chi connectivity index (χ1v) is 5.70. The molecule has 0 fully saturated rings. The lowest BCUT2D eigenvalue weighted by molar-refractivity contribution is 0.103. The van der Waals surface area contributed by atoms with E-state index in [1.807, 2.05) is 0 Å². The molecule has 0 aliphatic rings. The summed E-state index contributed by atoms with van der Waals surface area (Å²) in [6.45, 7) is 0. The molecule has 0 saturated carbocycles. The number of carbonyl (C=O) groups is 1. The summed E-state index contributed by atoms with van der Waals surface area (Å²) < 4.78 is 5.68. The van der Waals surface area contributed by atoms with Crippen LogP contribution < -0.4 is 4.74 Å². The summed E-state index contributed by atoms with van der Waals surface area (Å²) in [5, 5.41) is 0. The van der Waals surface area contributed by atoms with Crippen LogP contribution in [0.5, 0.6) is 5.75 Å². The third-order valence-electron chi connectivity index (χ3n) is 2.05. The monoisotopic (exact) mass is 253 g/mol. The van der Waals surface area contributed by atoms with E-state index in [2.05, 4.69) is 4.98 Å². The number of rotatable bonds is 3. The molecular weight excluding hydrogens is 246 g/mol. The SMILES string of the molecule is COc1cnccc1C(=O)c1ccc(Cl)s1. The number of aromatic nitrogens is 1. The number of thiophene rings is 1. The number of carbonyl (C=O) groups excluding carboxylic acids is 1. The van der Waals surface area contributed by atoms with Crippen molar-refractivity contribution in [1.29, 1.82) is 0 Å². The molecule has 0 saturated heterocycles. The Morgan fingerprint density at radius 2 is 2.25 bits per heavy atom. The highest BCUT2D eigenvalue weighted by Crippen LogP contribution is 2.26. The molecule has 0 radical (unpaired) electrons. The van der Waals surface area contributed by atoms with Gasteiger partial charge in [-0.15, -0.1) is 11.3 Å². The van der Waals surface area contributed by atoms with Gasteiger partial charge in [0.1, 0.15) is 5.75 Å². The highest BCUT2D eigenvalue weighted by atomic mass is 35.5. The normalized spacial score (nSPS) is 10.1. The zero-order valence-corrected chi connectivity index (χ0v) is 10.0. The average molecular weight is 254 g/mol. The smallest absolute Gasteiger partial charge is 0.206 e. The summed E-state index contributed by atoms with van der Waals surface area (Å²) in [6.07, 6.45) is 3.08. The summed E-state index contributed by atoms with van der Waals surface area (Å²) in [4.78, 5) is 16.6. The van der Waals surface area contributed by atoms with Crippen molar-refractivity contribution in [2.24, 2.45) is 0 Å². The molecule has 16 heavy (non-hydrogen) atoms. The number of hydrogen-bond donors (Lipinski definition) is 0. The molecule has 0 N–H and O–H groups in total. The summed E-state index contributed by atoms with van der Waals surface area (Å²) >= 11 is 7.04. The van der Waals surface area contributed by atoms with Crippen LogP contribution in [0.1, 0.15) is 15.2 Å². The molecule has 0 amide bonds. The van der Waals surface area contributed by atoms with Crippen LogP contribution in [-0.4, -0.2) is 17.9 Å². The van der Waals surface area contributed by atoms with Crippen molar-refractivity contribution in [3.63, 3.8) is 0 Å². The predicted molar refractivity (Wildman–Crippen MR) is 63.6 cm³/mol. The van der Waals surface area contributed by atoms with Gasteiger partial charge in [-0.2, -0.15) is 0 Å². The average Bonchev–Trinajstić information content (AvgIpc) is 2.75. The van der Waals surface area contributed by atoms with Crippen molar-refractivity contribution in [2.45, 2.75) is 0 Å². The largest absolute Gasteiger partial charge is 0.494 e. The first-order valence-electron chi connectivity index (χ1n) is 4.50. The maximum Gasteiger partial charge on any atom is 0.206 e. The minimum absolute atomic E-state index is 0.101. The first-order chi connectivity index (χ1) is 7.72. The molecular formula is C11H8ClNO2S. The second-order valence-electron chi connectivity index (χ2n) is 3.01. The van der Waals surface area contributed by atoms with Crippen LogP contribution >= 0.6 is 22.9 Å². The molecule has 0 bridgehead atoms. The highest BCUT2D eigenvalue weighted by molar-refractivity contribution is 7.18. The fraction of sp³-hybridized carbons (Fsp3) is 0.0909. The molecule has 3 nitrogen and oxygen atoms in total. The highest BCUT2D eigenvalue weighted by Gasteiger charge is 2.15. The molecule has 2 aromatic heterocycles. The minimum atomic E-state index is -0.101. The Hall–Kier alpha value is -1.39. The number of ether oxygens (including phenoxy) is 1. The van der Waals surface area contributed by atoms with E-state index in [0.29, 0.717) is 20.5 Å². The van der Waals surface area contributed by atoms with Gasteiger partial charge in [0, 0.05) is 6.20 Å². The molecule has 2 aromatic rings. The summed E-state index contributed by atoms with van der Waals surface area (Å²) in [7, 11) is 1.51. The number of pyridine rings is 1. The molecule has 2 heterocycles. The van der Waals surface area contributed by atoms with E-state index in [4.69, 9.17) is 16.3 Å². The molecule has 0 aromatic carbocycles. The Morgan fingerprint density at radius 1 is 1.44 bits per heavy atom.